The fraction of sp³-hybridized carbons (Fsp3) is 0.250. The Labute approximate surface area is 129 Å². The summed E-state index contributed by atoms with van der Waals surface area (Å²) < 4.78 is 12.2. The highest BCUT2D eigenvalue weighted by Gasteiger charge is 1.89. The lowest BCUT2D eigenvalue weighted by Crippen LogP contribution is -1.71. The third-order valence-electron chi connectivity index (χ3n) is 1.35. The topological polar surface area (TPSA) is 0 Å². The second-order valence-electron chi connectivity index (χ2n) is 2.48. The van der Waals surface area contributed by atoms with Gasteiger partial charge < -0.3 is 0 Å². The molecular weight excluding hydrogens is 275 g/mol. The number of halogens is 1. The molecule has 1 aromatic carbocycles. The summed E-state index contributed by atoms with van der Waals surface area (Å²) in [5.41, 5.74) is 0. The molecular formula is C16H25FS2. The first-order chi connectivity index (χ1) is 9.11. The van der Waals surface area contributed by atoms with Gasteiger partial charge in [-0.25, -0.2) is 4.39 Å². The molecule has 1 rings (SSSR count). The van der Waals surface area contributed by atoms with E-state index in [0.29, 0.717) is 4.90 Å². The van der Waals surface area contributed by atoms with Gasteiger partial charge in [0.2, 0.25) is 0 Å². The zero-order valence-electron chi connectivity index (χ0n) is 12.2. The second kappa shape index (κ2) is 19.4. The summed E-state index contributed by atoms with van der Waals surface area (Å²) in [6, 6.07) is 6.36. The molecule has 0 saturated heterocycles. The maximum Gasteiger partial charge on any atom is 0.136 e. The van der Waals surface area contributed by atoms with Gasteiger partial charge >= 0.3 is 0 Å². The molecule has 0 nitrogen and oxygen atoms in total. The SMILES string of the molecule is C=C/C=C(/S)C=C.CC.CC.Fc1ccccc1S. The molecule has 0 heterocycles. The van der Waals surface area contributed by atoms with E-state index in [9.17, 15) is 4.39 Å². The normalized spacial score (nSPS) is 8.47. The maximum absolute atomic E-state index is 12.2. The van der Waals surface area contributed by atoms with Crippen molar-refractivity contribution in [2.45, 2.75) is 32.6 Å². The molecule has 1 aromatic rings. The highest BCUT2D eigenvalue weighted by molar-refractivity contribution is 7.84. The van der Waals surface area contributed by atoms with Crippen molar-refractivity contribution in [1.82, 2.24) is 0 Å². The predicted octanol–water partition coefficient (Wildman–Crippen LogP) is 6.34. The molecule has 0 spiro atoms. The van der Waals surface area contributed by atoms with Gasteiger partial charge in [0.25, 0.3) is 0 Å². The fourth-order valence-electron chi connectivity index (χ4n) is 0.641. The van der Waals surface area contributed by atoms with E-state index in [2.05, 4.69) is 38.4 Å². The average molecular weight is 301 g/mol. The van der Waals surface area contributed by atoms with Crippen molar-refractivity contribution in [2.75, 3.05) is 0 Å². The second-order valence-corrected chi connectivity index (χ2v) is 3.48. The van der Waals surface area contributed by atoms with Crippen LogP contribution in [-0.2, 0) is 0 Å². The van der Waals surface area contributed by atoms with Crippen LogP contribution >= 0.6 is 25.3 Å². The Morgan fingerprint density at radius 3 is 1.79 bits per heavy atom. The van der Waals surface area contributed by atoms with Crippen LogP contribution in [0.2, 0.25) is 0 Å². The van der Waals surface area contributed by atoms with Crippen LogP contribution in [0.3, 0.4) is 0 Å². The van der Waals surface area contributed by atoms with Gasteiger partial charge in [-0.1, -0.05) is 65.1 Å². The predicted molar refractivity (Wildman–Crippen MR) is 93.8 cm³/mol. The van der Waals surface area contributed by atoms with Crippen molar-refractivity contribution >= 4 is 25.3 Å². The maximum atomic E-state index is 12.2. The molecule has 0 aliphatic heterocycles. The first-order valence-corrected chi connectivity index (χ1v) is 7.09. The van der Waals surface area contributed by atoms with Gasteiger partial charge in [0, 0.05) is 9.80 Å². The minimum Gasteiger partial charge on any atom is -0.206 e. The lowest BCUT2D eigenvalue weighted by Gasteiger charge is -1.88. The van der Waals surface area contributed by atoms with Crippen molar-refractivity contribution in [3.05, 3.63) is 66.4 Å². The van der Waals surface area contributed by atoms with Gasteiger partial charge in [0.15, 0.2) is 0 Å². The molecule has 0 aliphatic rings. The van der Waals surface area contributed by atoms with E-state index in [0.717, 1.165) is 4.91 Å². The first kappa shape index (κ1) is 23.2. The quantitative estimate of drug-likeness (QED) is 0.462. The smallest absolute Gasteiger partial charge is 0.136 e. The summed E-state index contributed by atoms with van der Waals surface area (Å²) in [4.78, 5) is 1.24. The number of thiol groups is 2. The molecule has 108 valence electrons. The van der Waals surface area contributed by atoms with Crippen molar-refractivity contribution < 1.29 is 4.39 Å². The Kier molecular flexibility index (Phi) is 23.7. The lowest BCUT2D eigenvalue weighted by atomic mass is 10.4. The Bertz CT molecular complexity index is 337. The van der Waals surface area contributed by atoms with E-state index in [1.54, 1.807) is 36.4 Å². The van der Waals surface area contributed by atoms with Crippen LogP contribution in [0.1, 0.15) is 27.7 Å². The Balaban J connectivity index is -0.000000215. The zero-order chi connectivity index (χ0) is 15.7. The minimum absolute atomic E-state index is 0.268. The standard InChI is InChI=1S/C6H5FS.C6H8S.2C2H6/c7-5-3-1-2-4-6(5)8;1-3-5-6(7)4-2;2*1-2/h1-4,8H;3-5,7H,1-2H2;2*1-2H3/b;6-5+;;. The van der Waals surface area contributed by atoms with Crippen LogP contribution in [0, 0.1) is 5.82 Å². The molecule has 0 aromatic heterocycles. The molecule has 0 atom stereocenters. The van der Waals surface area contributed by atoms with Gasteiger partial charge in [0.1, 0.15) is 5.82 Å². The number of rotatable bonds is 2. The zero-order valence-corrected chi connectivity index (χ0v) is 14.0. The van der Waals surface area contributed by atoms with Crippen LogP contribution in [0.5, 0.6) is 0 Å². The van der Waals surface area contributed by atoms with E-state index in [-0.39, 0.29) is 5.82 Å². The lowest BCUT2D eigenvalue weighted by molar-refractivity contribution is 0.602. The van der Waals surface area contributed by atoms with E-state index >= 15 is 0 Å². The van der Waals surface area contributed by atoms with Crippen molar-refractivity contribution in [3.8, 4) is 0 Å². The minimum atomic E-state index is -0.268. The van der Waals surface area contributed by atoms with Gasteiger partial charge in [-0.2, -0.15) is 0 Å². The number of benzene rings is 1. The van der Waals surface area contributed by atoms with Crippen LogP contribution in [0.25, 0.3) is 0 Å². The molecule has 0 fully saturated rings. The van der Waals surface area contributed by atoms with Crippen LogP contribution in [0.4, 0.5) is 4.39 Å². The van der Waals surface area contributed by atoms with Crippen molar-refractivity contribution in [1.29, 1.82) is 0 Å². The Morgan fingerprint density at radius 1 is 1.11 bits per heavy atom. The average Bonchev–Trinajstić information content (AvgIpc) is 2.47. The van der Waals surface area contributed by atoms with Gasteiger partial charge in [-0.3, -0.25) is 0 Å². The van der Waals surface area contributed by atoms with E-state index in [4.69, 9.17) is 0 Å². The summed E-state index contributed by atoms with van der Waals surface area (Å²) in [7, 11) is 0. The molecule has 0 unspecified atom stereocenters. The van der Waals surface area contributed by atoms with E-state index in [1.165, 1.54) is 6.07 Å². The third kappa shape index (κ3) is 17.1. The summed E-state index contributed by atoms with van der Waals surface area (Å²) in [6.07, 6.45) is 5.10. The van der Waals surface area contributed by atoms with Crippen molar-refractivity contribution in [3.63, 3.8) is 0 Å². The monoisotopic (exact) mass is 300 g/mol. The number of hydrogen-bond acceptors (Lipinski definition) is 2. The molecule has 0 N–H and O–H groups in total. The first-order valence-electron chi connectivity index (χ1n) is 6.19. The largest absolute Gasteiger partial charge is 0.206 e. The number of allylic oxidation sites excluding steroid dienone is 3. The van der Waals surface area contributed by atoms with Gasteiger partial charge in [0.05, 0.1) is 0 Å². The molecule has 0 saturated carbocycles. The van der Waals surface area contributed by atoms with Crippen LogP contribution < -0.4 is 0 Å². The summed E-state index contributed by atoms with van der Waals surface area (Å²) in [5, 5.41) is 0. The molecule has 0 bridgehead atoms. The van der Waals surface area contributed by atoms with Gasteiger partial charge in [-0.05, 0) is 18.2 Å². The highest BCUT2D eigenvalue weighted by Crippen LogP contribution is 2.08. The molecule has 3 heteroatoms. The van der Waals surface area contributed by atoms with Gasteiger partial charge in [-0.15, -0.1) is 25.3 Å². The van der Waals surface area contributed by atoms with Crippen LogP contribution in [-0.4, -0.2) is 0 Å². The molecule has 0 amide bonds. The molecule has 0 radical (unpaired) electrons. The van der Waals surface area contributed by atoms with E-state index < -0.39 is 0 Å². The van der Waals surface area contributed by atoms with E-state index in [1.807, 2.05) is 27.7 Å². The summed E-state index contributed by atoms with van der Waals surface area (Å²) in [5.74, 6) is -0.268. The molecule has 0 aliphatic carbocycles. The summed E-state index contributed by atoms with van der Waals surface area (Å²) >= 11 is 7.80. The van der Waals surface area contributed by atoms with Crippen LogP contribution in [0.15, 0.2) is 65.5 Å². The van der Waals surface area contributed by atoms with Crippen molar-refractivity contribution in [2.24, 2.45) is 0 Å². The fourth-order valence-corrected chi connectivity index (χ4v) is 0.907. The number of hydrogen-bond donors (Lipinski definition) is 2. The molecule has 19 heavy (non-hydrogen) atoms. The summed E-state index contributed by atoms with van der Waals surface area (Å²) in [6.45, 7) is 15.0. The Morgan fingerprint density at radius 2 is 1.58 bits per heavy atom. The highest BCUT2D eigenvalue weighted by atomic mass is 32.1. The Hall–Kier alpha value is -0.930. The third-order valence-corrected chi connectivity index (χ3v) is 2.04.